The van der Waals surface area contributed by atoms with Crippen molar-refractivity contribution in [1.82, 2.24) is 68.2 Å². The summed E-state index contributed by atoms with van der Waals surface area (Å²) in [6.45, 7) is 26.4. The average Bonchev–Trinajstić information content (AvgIpc) is 1.74. The molecule has 4 unspecified atom stereocenters. The van der Waals surface area contributed by atoms with Crippen LogP contribution in [0.2, 0.25) is 19.6 Å². The molecule has 0 aliphatic carbocycles. The van der Waals surface area contributed by atoms with Crippen LogP contribution in [0.5, 0.6) is 5.88 Å². The van der Waals surface area contributed by atoms with Crippen LogP contribution in [0.1, 0.15) is 96.7 Å². The number of halogens is 4. The highest BCUT2D eigenvalue weighted by atomic mass is 35.5. The van der Waals surface area contributed by atoms with Gasteiger partial charge in [-0.1, -0.05) is 0 Å². The van der Waals surface area contributed by atoms with Crippen molar-refractivity contribution < 1.29 is 87.9 Å². The smallest absolute Gasteiger partial charge is 0.531 e. The number of aliphatic hydroxyl groups is 1. The largest absolute Gasteiger partial charge is 1.00 e. The van der Waals surface area contributed by atoms with Gasteiger partial charge in [0.25, 0.3) is 22.2 Å². The summed E-state index contributed by atoms with van der Waals surface area (Å²) in [4.78, 5) is 208. The highest BCUT2D eigenvalue weighted by Gasteiger charge is 2.45. The molecule has 40 nitrogen and oxygen atoms in total. The first-order valence-electron chi connectivity index (χ1n) is 35.4. The molecule has 5 aromatic heterocycles. The molecule has 4 atom stereocenters. The number of aromatic nitrogens is 10. The fourth-order valence-electron chi connectivity index (χ4n) is 10.1. The van der Waals surface area contributed by atoms with Crippen molar-refractivity contribution in [2.45, 2.75) is 189 Å². The van der Waals surface area contributed by atoms with E-state index in [2.05, 4.69) is 54.9 Å². The molecule has 3 aliphatic rings. The van der Waals surface area contributed by atoms with Gasteiger partial charge in [0.15, 0.2) is 24.4 Å². The summed E-state index contributed by atoms with van der Waals surface area (Å²) >= 11 is 21.9. The number of ether oxygens (including phenoxy) is 6. The average molecular weight is 1710 g/mol. The molecule has 634 valence electrons. The van der Waals surface area contributed by atoms with Crippen LogP contribution in [0, 0.1) is 34.6 Å². The van der Waals surface area contributed by atoms with Crippen molar-refractivity contribution in [1.29, 1.82) is 0 Å². The molecule has 3 fully saturated rings. The molecule has 0 spiro atoms. The van der Waals surface area contributed by atoms with Crippen LogP contribution in [-0.4, -0.2) is 252 Å². The Balaban J connectivity index is 0.000000502. The molecule has 3 aliphatic heterocycles. The molecule has 3 saturated heterocycles. The molecule has 8 rings (SSSR count). The molecular weight excluding hydrogens is 1610 g/mol. The summed E-state index contributed by atoms with van der Waals surface area (Å²) in [7, 11) is -1.51. The number of aromatic amines is 4. The number of carbonyl (C=O) groups excluding carboxylic acids is 6. The number of hydrogen-bond acceptors (Lipinski definition) is 27. The molecule has 0 radical (unpaired) electrons. The standard InChI is InChI=1S/C21H27N5O8.C18H23N5O8.C11H17Cl2NO4.C8H14N2OSi.C7H10O5.C4H9Cl2N/c1-12-10-25(19(31)22-16(12)28)7-5-24(6-8-26-11-13(2)17(29)23-20(26)32)15(27)9-14-18(30)34-21(3,4)33-14;1-10-8-22(17(30)19-14(10)26)5-3-21(13(25)7-12(24)16(28)29)4-6-23-9-11(2)15(27)20-18(23)31;1-11(2)17-8(10(16)18-11)7-9(15)14(5-3-12)6-4-13;1-7-9-6-5-8(10-7)11-12(2,3)4;1-7(2)11-4(3-5(8)9)6(10)12-7;5-1-3-7-4-2-6/h10-11,14H,5-9H2,1-4H3,(H,22,28,31)(H,23,29,32);8-9,12,24H,3-7H2,1-2H3,(H,28,29)(H,19,26,30)(H,20,27,31);8H,3-7H2,1-2H3;5-6H,1-4H3;4H,3H2,1-2H3,(H,8,9);7H,1-4H2/p+1. The second-order valence-electron chi connectivity index (χ2n) is 27.7. The van der Waals surface area contributed by atoms with E-state index in [1.54, 1.807) is 67.7 Å². The number of hydrogen-bond donors (Lipinski definition) is 8. The van der Waals surface area contributed by atoms with E-state index in [1.807, 2.05) is 6.92 Å². The molecule has 114 heavy (non-hydrogen) atoms. The number of nitrogens with zero attached hydrogens (tertiary/aromatic N) is 9. The molecule has 8 heterocycles. The van der Waals surface area contributed by atoms with Crippen LogP contribution >= 0.6 is 46.4 Å². The minimum absolute atomic E-state index is 0. The highest BCUT2D eigenvalue weighted by Crippen LogP contribution is 2.28. The zero-order chi connectivity index (χ0) is 86.3. The second kappa shape index (κ2) is 46.2. The number of aliphatic hydroxyl groups excluding tert-OH is 1. The second-order valence-corrected chi connectivity index (χ2v) is 33.7. The van der Waals surface area contributed by atoms with Crippen molar-refractivity contribution in [2.75, 3.05) is 75.9 Å². The summed E-state index contributed by atoms with van der Waals surface area (Å²) in [5.41, 5.74) is -3.44. The normalized spacial score (nSPS) is 16.3. The number of nitrogens with one attached hydrogen (secondary N) is 5. The number of aryl methyl sites for hydroxylation is 5. The van der Waals surface area contributed by atoms with Crippen LogP contribution in [0.15, 0.2) is 75.4 Å². The van der Waals surface area contributed by atoms with Crippen molar-refractivity contribution in [3.8, 4) is 5.88 Å². The van der Waals surface area contributed by atoms with E-state index in [0.717, 1.165) is 18.9 Å². The number of carboxylic acid groups (broad SMARTS) is 2. The SMILES string of the molecule is CC1(C)OC(=O)C(CC(=O)N(CCCl)CCCl)O1.CC1(C)OC(=O)C(CC(=O)O)O1.Cc1cn(CCN(CCn2cc(C)c(=O)[nH]c2=O)C(=O)CC(O)C(=O)O)c(=O)[nH]c1=O.Cc1cn(CCN(CCn2cc(C)c(=O)[nH]c2=O)C(=O)CC2OC(C)(C)OC2=O)c(=O)[nH]c1=O.Cc1nccc(O[Si](C)(C)C)n1.ClCCNCCCl.[H+]. The maximum atomic E-state index is 13.1. The van der Waals surface area contributed by atoms with E-state index < -0.39 is 143 Å². The minimum atomic E-state index is -1.91. The van der Waals surface area contributed by atoms with E-state index in [4.69, 9.17) is 89.5 Å². The maximum absolute atomic E-state index is 13.1. The fourth-order valence-corrected chi connectivity index (χ4v) is 11.5. The van der Waals surface area contributed by atoms with Gasteiger partial charge in [-0.15, -0.1) is 46.4 Å². The van der Waals surface area contributed by atoms with Gasteiger partial charge < -0.3 is 68.2 Å². The number of carbonyl (C=O) groups is 8. The molecule has 3 amide bonds. The summed E-state index contributed by atoms with van der Waals surface area (Å²) in [6, 6.07) is 1.80. The zero-order valence-corrected chi connectivity index (χ0v) is 69.7. The van der Waals surface area contributed by atoms with Gasteiger partial charge in [0.1, 0.15) is 5.82 Å². The number of cyclic esters (lactones) is 3. The third kappa shape index (κ3) is 35.1. The van der Waals surface area contributed by atoms with Crippen LogP contribution in [0.3, 0.4) is 0 Å². The van der Waals surface area contributed by atoms with Gasteiger partial charge in [-0.2, -0.15) is 4.98 Å². The Bertz CT molecular complexity index is 4470. The molecular formula is C69H101Cl4N14O26Si+. The fraction of sp³-hybridized carbons (Fsp3) is 0.594. The molecule has 0 aromatic carbocycles. The predicted molar refractivity (Wildman–Crippen MR) is 416 cm³/mol. The van der Waals surface area contributed by atoms with E-state index in [-0.39, 0.29) is 90.1 Å². The Hall–Kier alpha value is -9.46. The molecule has 0 bridgehead atoms. The van der Waals surface area contributed by atoms with Crippen molar-refractivity contribution in [3.63, 3.8) is 0 Å². The highest BCUT2D eigenvalue weighted by molar-refractivity contribution is 6.70. The van der Waals surface area contributed by atoms with Crippen LogP contribution in [-0.2, 0) is 93.0 Å². The van der Waals surface area contributed by atoms with Gasteiger partial charge in [-0.25, -0.2) is 43.3 Å². The van der Waals surface area contributed by atoms with Crippen LogP contribution in [0.25, 0.3) is 0 Å². The molecule has 0 saturated carbocycles. The predicted octanol–water partition coefficient (Wildman–Crippen LogP) is 0.633. The van der Waals surface area contributed by atoms with E-state index >= 15 is 0 Å². The zero-order valence-electron chi connectivity index (χ0n) is 66.7. The van der Waals surface area contributed by atoms with Crippen molar-refractivity contribution in [2.24, 2.45) is 0 Å². The minimum Gasteiger partial charge on any atom is -0.531 e. The van der Waals surface area contributed by atoms with Crippen LogP contribution in [0.4, 0.5) is 0 Å². The van der Waals surface area contributed by atoms with Gasteiger partial charge >= 0.3 is 54.0 Å². The maximum Gasteiger partial charge on any atom is 1.00 e. The van der Waals surface area contributed by atoms with E-state index in [1.165, 1.54) is 71.6 Å². The summed E-state index contributed by atoms with van der Waals surface area (Å²) in [5, 5.41) is 29.7. The van der Waals surface area contributed by atoms with Gasteiger partial charge in [0.2, 0.25) is 49.3 Å². The van der Waals surface area contributed by atoms with E-state index in [9.17, 15) is 81.8 Å². The Labute approximate surface area is 674 Å². The summed E-state index contributed by atoms with van der Waals surface area (Å²) in [6.07, 6.45) is 0.966. The Morgan fingerprint density at radius 3 is 1.09 bits per heavy atom. The first-order chi connectivity index (χ1) is 53.0. The third-order valence-electron chi connectivity index (χ3n) is 15.5. The van der Waals surface area contributed by atoms with Gasteiger partial charge in [-0.3, -0.25) is 76.6 Å². The lowest BCUT2D eigenvalue weighted by atomic mass is 10.2. The summed E-state index contributed by atoms with van der Waals surface area (Å²) in [5.74, 6) is -5.46. The Morgan fingerprint density at radius 1 is 0.518 bits per heavy atom. The van der Waals surface area contributed by atoms with Crippen LogP contribution < -0.4 is 54.7 Å². The number of rotatable bonds is 31. The lowest BCUT2D eigenvalue weighted by Crippen LogP contribution is -2.42. The Morgan fingerprint density at radius 2 is 0.825 bits per heavy atom. The first kappa shape index (κ1) is 98.7. The van der Waals surface area contributed by atoms with Gasteiger partial charge in [0.05, 0.1) is 25.7 Å². The quantitative estimate of drug-likeness (QED) is 0.00992. The third-order valence-corrected chi connectivity index (χ3v) is 17.0. The number of H-pyrrole nitrogens is 4. The monoisotopic (exact) mass is 1710 g/mol. The number of carboxylic acids is 2. The number of amides is 3. The lowest BCUT2D eigenvalue weighted by molar-refractivity contribution is -0.162. The number of esters is 3. The van der Waals surface area contributed by atoms with Crippen molar-refractivity contribution in [3.05, 3.63) is 148 Å². The Kier molecular flexibility index (Phi) is 40.0. The number of alkyl halides is 4. The lowest BCUT2D eigenvalue weighted by Gasteiger charge is -2.24. The van der Waals surface area contributed by atoms with Gasteiger partial charge in [-0.05, 0) is 54.3 Å². The number of aliphatic carboxylic acids is 2. The van der Waals surface area contributed by atoms with E-state index in [0.29, 0.717) is 53.6 Å². The first-order valence-corrected chi connectivity index (χ1v) is 40.9. The van der Waals surface area contributed by atoms with Gasteiger partial charge in [0, 0.05) is 203 Å². The molecule has 45 heteroatoms. The van der Waals surface area contributed by atoms with Crippen molar-refractivity contribution >= 4 is 102 Å². The molecule has 8 N–H and O–H groups in total. The summed E-state index contributed by atoms with van der Waals surface area (Å²) < 4.78 is 41.2. The molecule has 5 aromatic rings. The topological polar surface area (TPSA) is 529 Å².